The van der Waals surface area contributed by atoms with Crippen LogP contribution in [0.4, 0.5) is 5.69 Å². The number of benzene rings is 3. The zero-order chi connectivity index (χ0) is 27.2. The van der Waals surface area contributed by atoms with Crippen LogP contribution in [0.3, 0.4) is 0 Å². The third-order valence-corrected chi connectivity index (χ3v) is 7.95. The lowest BCUT2D eigenvalue weighted by Crippen LogP contribution is -2.40. The lowest BCUT2D eigenvalue weighted by Gasteiger charge is -2.25. The van der Waals surface area contributed by atoms with Crippen LogP contribution in [0.15, 0.2) is 70.7 Å². The minimum Gasteiger partial charge on any atom is -0.493 e. The summed E-state index contributed by atoms with van der Waals surface area (Å²) in [6.45, 7) is 4.97. The molecule has 0 saturated carbocycles. The van der Waals surface area contributed by atoms with Crippen molar-refractivity contribution < 1.29 is 22.7 Å². The molecule has 0 unspecified atom stereocenters. The van der Waals surface area contributed by atoms with Gasteiger partial charge in [0.15, 0.2) is 11.5 Å². The summed E-state index contributed by atoms with van der Waals surface area (Å²) < 4.78 is 38.9. The number of hydrogen-bond donors (Lipinski definition) is 1. The van der Waals surface area contributed by atoms with E-state index < -0.39 is 22.5 Å². The second-order valence-electron chi connectivity index (χ2n) is 8.23. The van der Waals surface area contributed by atoms with Crippen LogP contribution in [-0.4, -0.2) is 40.8 Å². The van der Waals surface area contributed by atoms with Gasteiger partial charge in [0.05, 0.1) is 30.5 Å². The van der Waals surface area contributed by atoms with Gasteiger partial charge in [-0.2, -0.15) is 5.10 Å². The second kappa shape index (κ2) is 12.1. The molecule has 3 aromatic rings. The maximum Gasteiger partial charge on any atom is 0.264 e. The maximum absolute atomic E-state index is 13.6. The van der Waals surface area contributed by atoms with Gasteiger partial charge in [-0.3, -0.25) is 9.10 Å². The Morgan fingerprint density at radius 1 is 1.00 bits per heavy atom. The highest BCUT2D eigenvalue weighted by atomic mass is 35.5. The molecular weight excluding hydrogens is 514 g/mol. The number of amides is 1. The van der Waals surface area contributed by atoms with Crippen LogP contribution in [0, 0.1) is 13.8 Å². The number of hydrogen-bond acceptors (Lipinski definition) is 6. The first-order chi connectivity index (χ1) is 17.6. The Hall–Kier alpha value is -3.56. The Morgan fingerprint density at radius 2 is 1.68 bits per heavy atom. The highest BCUT2D eigenvalue weighted by Gasteiger charge is 2.29. The normalized spacial score (nSPS) is 11.7. The first-order valence-corrected chi connectivity index (χ1v) is 13.4. The van der Waals surface area contributed by atoms with Crippen LogP contribution in [0.25, 0.3) is 0 Å². The van der Waals surface area contributed by atoms with Crippen molar-refractivity contribution >= 4 is 38.9 Å². The van der Waals surface area contributed by atoms with Crippen molar-refractivity contribution in [2.24, 2.45) is 5.10 Å². The Bertz CT molecular complexity index is 1410. The number of sulfonamides is 1. The number of anilines is 1. The Balaban J connectivity index is 1.93. The summed E-state index contributed by atoms with van der Waals surface area (Å²) in [6, 6.07) is 16.7. The third kappa shape index (κ3) is 6.42. The first-order valence-electron chi connectivity index (χ1n) is 11.5. The van der Waals surface area contributed by atoms with Crippen LogP contribution in [-0.2, 0) is 14.8 Å². The van der Waals surface area contributed by atoms with E-state index in [4.69, 9.17) is 21.1 Å². The molecule has 0 aromatic heterocycles. The van der Waals surface area contributed by atoms with Gasteiger partial charge in [-0.25, -0.2) is 13.8 Å². The average molecular weight is 544 g/mol. The number of carbonyl (C=O) groups is 1. The van der Waals surface area contributed by atoms with Gasteiger partial charge in [0, 0.05) is 10.6 Å². The number of nitrogens with one attached hydrogen (secondary N) is 1. The molecule has 0 aliphatic carbocycles. The average Bonchev–Trinajstić information content (AvgIpc) is 2.89. The van der Waals surface area contributed by atoms with E-state index in [1.807, 2.05) is 13.8 Å². The summed E-state index contributed by atoms with van der Waals surface area (Å²) in [5, 5.41) is 4.66. The van der Waals surface area contributed by atoms with E-state index in [0.29, 0.717) is 39.9 Å². The molecule has 0 heterocycles. The predicted molar refractivity (Wildman–Crippen MR) is 146 cm³/mol. The molecule has 1 amide bonds. The van der Waals surface area contributed by atoms with Gasteiger partial charge in [0.25, 0.3) is 15.9 Å². The number of methoxy groups -OCH3 is 2. The van der Waals surface area contributed by atoms with Gasteiger partial charge < -0.3 is 9.47 Å². The first kappa shape index (κ1) is 28.0. The van der Waals surface area contributed by atoms with Crippen molar-refractivity contribution in [1.82, 2.24) is 5.43 Å². The van der Waals surface area contributed by atoms with Crippen LogP contribution < -0.4 is 19.2 Å². The van der Waals surface area contributed by atoms with Gasteiger partial charge >= 0.3 is 0 Å². The van der Waals surface area contributed by atoms with Crippen molar-refractivity contribution in [3.8, 4) is 11.5 Å². The molecule has 1 N–H and O–H groups in total. The summed E-state index contributed by atoms with van der Waals surface area (Å²) in [7, 11) is -1.00. The summed E-state index contributed by atoms with van der Waals surface area (Å²) >= 11 is 6.28. The van der Waals surface area contributed by atoms with Gasteiger partial charge in [0.2, 0.25) is 0 Å². The molecule has 3 rings (SSSR count). The van der Waals surface area contributed by atoms with E-state index in [0.717, 1.165) is 15.4 Å². The molecule has 0 aliphatic heterocycles. The molecule has 3 aromatic carbocycles. The molecule has 10 heteroatoms. The van der Waals surface area contributed by atoms with Crippen LogP contribution in [0.2, 0.25) is 5.02 Å². The molecule has 37 heavy (non-hydrogen) atoms. The largest absolute Gasteiger partial charge is 0.493 e. The van der Waals surface area contributed by atoms with Gasteiger partial charge in [-0.05, 0) is 68.3 Å². The lowest BCUT2D eigenvalue weighted by molar-refractivity contribution is -0.119. The minimum absolute atomic E-state index is 0.0633. The topological polar surface area (TPSA) is 97.3 Å². The number of halogens is 1. The SMILES string of the molecule is CC/C(=N/NC(=O)CN(c1cccc(Cl)c1C)S(=O)(=O)c1ccc(C)cc1)c1ccc(OC)c(OC)c1. The quantitative estimate of drug-likeness (QED) is 0.283. The maximum atomic E-state index is 13.6. The molecule has 0 atom stereocenters. The summed E-state index contributed by atoms with van der Waals surface area (Å²) in [5.74, 6) is 0.486. The number of aryl methyl sites for hydroxylation is 1. The van der Waals surface area contributed by atoms with E-state index in [1.165, 1.54) is 19.2 Å². The van der Waals surface area contributed by atoms with Gasteiger partial charge in [-0.15, -0.1) is 0 Å². The van der Waals surface area contributed by atoms with Crippen LogP contribution >= 0.6 is 11.6 Å². The van der Waals surface area contributed by atoms with Crippen molar-refractivity contribution in [2.45, 2.75) is 32.1 Å². The smallest absolute Gasteiger partial charge is 0.264 e. The van der Waals surface area contributed by atoms with Crippen molar-refractivity contribution in [3.63, 3.8) is 0 Å². The van der Waals surface area contributed by atoms with Crippen LogP contribution in [0.5, 0.6) is 11.5 Å². The molecule has 0 saturated heterocycles. The molecule has 0 aliphatic rings. The predicted octanol–water partition coefficient (Wildman–Crippen LogP) is 5.10. The highest BCUT2D eigenvalue weighted by Crippen LogP contribution is 2.31. The molecule has 196 valence electrons. The second-order valence-corrected chi connectivity index (χ2v) is 10.5. The monoisotopic (exact) mass is 543 g/mol. The van der Waals surface area contributed by atoms with Crippen molar-refractivity contribution in [2.75, 3.05) is 25.1 Å². The van der Waals surface area contributed by atoms with Crippen molar-refractivity contribution in [3.05, 3.63) is 82.4 Å². The van der Waals surface area contributed by atoms with E-state index in [2.05, 4.69) is 10.5 Å². The summed E-state index contributed by atoms with van der Waals surface area (Å²) in [4.78, 5) is 13.1. The molecule has 0 radical (unpaired) electrons. The number of rotatable bonds is 10. The summed E-state index contributed by atoms with van der Waals surface area (Å²) in [5.41, 5.74) is 5.58. The number of hydrazone groups is 1. The lowest BCUT2D eigenvalue weighted by atomic mass is 10.1. The Kier molecular flexibility index (Phi) is 9.18. The standard InChI is InChI=1S/C27H30ClN3O5S/c1-6-23(20-12-15-25(35-4)26(16-20)36-5)29-30-27(32)17-31(24-9-7-8-22(28)19(24)3)37(33,34)21-13-10-18(2)11-14-21/h7-16H,6,17H2,1-5H3,(H,30,32)/b29-23-. The molecule has 0 spiro atoms. The Morgan fingerprint density at radius 3 is 2.30 bits per heavy atom. The zero-order valence-corrected chi connectivity index (χ0v) is 23.0. The van der Waals surface area contributed by atoms with E-state index >= 15 is 0 Å². The zero-order valence-electron chi connectivity index (χ0n) is 21.4. The minimum atomic E-state index is -4.08. The molecular formula is C27H30ClN3O5S. The molecule has 0 bridgehead atoms. The van der Waals surface area contributed by atoms with Crippen molar-refractivity contribution in [1.29, 1.82) is 0 Å². The van der Waals surface area contributed by atoms with Gasteiger partial charge in [0.1, 0.15) is 6.54 Å². The molecule has 8 nitrogen and oxygen atoms in total. The number of nitrogens with zero attached hydrogens (tertiary/aromatic N) is 2. The number of ether oxygens (including phenoxy) is 2. The fourth-order valence-electron chi connectivity index (χ4n) is 3.66. The third-order valence-electron chi connectivity index (χ3n) is 5.77. The van der Waals surface area contributed by atoms with Crippen LogP contribution in [0.1, 0.15) is 30.0 Å². The summed E-state index contributed by atoms with van der Waals surface area (Å²) in [6.07, 6.45) is 0.508. The fourth-order valence-corrected chi connectivity index (χ4v) is 5.31. The molecule has 0 fully saturated rings. The van der Waals surface area contributed by atoms with E-state index in [-0.39, 0.29) is 4.90 Å². The fraction of sp³-hybridized carbons (Fsp3) is 0.259. The highest BCUT2D eigenvalue weighted by molar-refractivity contribution is 7.92. The van der Waals surface area contributed by atoms with E-state index in [9.17, 15) is 13.2 Å². The van der Waals surface area contributed by atoms with E-state index in [1.54, 1.807) is 62.6 Å². The Labute approximate surface area is 222 Å². The number of carbonyl (C=O) groups excluding carboxylic acids is 1. The van der Waals surface area contributed by atoms with Gasteiger partial charge in [-0.1, -0.05) is 42.3 Å².